The summed E-state index contributed by atoms with van der Waals surface area (Å²) in [5.41, 5.74) is 2.66. The Bertz CT molecular complexity index is 474. The molecule has 3 nitrogen and oxygen atoms in total. The highest BCUT2D eigenvalue weighted by molar-refractivity contribution is 5.42. The Kier molecular flexibility index (Phi) is 3.27. The van der Waals surface area contributed by atoms with E-state index in [1.807, 2.05) is 0 Å². The van der Waals surface area contributed by atoms with Crippen LogP contribution in [0, 0.1) is 6.92 Å². The van der Waals surface area contributed by atoms with Crippen LogP contribution in [0.1, 0.15) is 36.9 Å². The van der Waals surface area contributed by atoms with Gasteiger partial charge in [-0.15, -0.1) is 0 Å². The fourth-order valence-electron chi connectivity index (χ4n) is 3.51. The molecule has 0 bridgehead atoms. The van der Waals surface area contributed by atoms with Gasteiger partial charge < -0.3 is 15.0 Å². The molecule has 1 aromatic carbocycles. The van der Waals surface area contributed by atoms with Crippen molar-refractivity contribution >= 4 is 0 Å². The van der Waals surface area contributed by atoms with E-state index in [-0.39, 0.29) is 5.60 Å². The second-order valence-electron chi connectivity index (χ2n) is 6.13. The monoisotopic (exact) mass is 260 g/mol. The molecule has 2 heterocycles. The molecule has 1 spiro atoms. The SMILES string of the molecule is CCNC1CC2(CCN(C)C2)Oc2ccc(C)cc21. The zero-order valence-corrected chi connectivity index (χ0v) is 12.2. The van der Waals surface area contributed by atoms with Gasteiger partial charge in [-0.25, -0.2) is 0 Å². The van der Waals surface area contributed by atoms with Gasteiger partial charge in [0.25, 0.3) is 0 Å². The third kappa shape index (κ3) is 2.37. The standard InChI is InChI=1S/C16H24N2O/c1-4-17-14-10-16(7-8-18(3)11-16)19-15-6-5-12(2)9-13(14)15/h5-6,9,14,17H,4,7-8,10-11H2,1-3H3. The molecule has 1 aromatic rings. The molecule has 3 rings (SSSR count). The summed E-state index contributed by atoms with van der Waals surface area (Å²) in [5.74, 6) is 1.08. The fraction of sp³-hybridized carbons (Fsp3) is 0.625. The zero-order valence-electron chi connectivity index (χ0n) is 12.2. The first-order valence-electron chi connectivity index (χ1n) is 7.33. The van der Waals surface area contributed by atoms with Gasteiger partial charge in [-0.1, -0.05) is 24.6 Å². The molecular formula is C16H24N2O. The van der Waals surface area contributed by atoms with Crippen LogP contribution in [0.4, 0.5) is 0 Å². The molecule has 104 valence electrons. The summed E-state index contributed by atoms with van der Waals surface area (Å²) >= 11 is 0. The van der Waals surface area contributed by atoms with Crippen LogP contribution in [-0.2, 0) is 0 Å². The molecule has 1 fully saturated rings. The van der Waals surface area contributed by atoms with Crippen molar-refractivity contribution in [3.05, 3.63) is 29.3 Å². The van der Waals surface area contributed by atoms with Gasteiger partial charge in [-0.2, -0.15) is 0 Å². The molecule has 2 aliphatic rings. The van der Waals surface area contributed by atoms with Crippen LogP contribution < -0.4 is 10.1 Å². The average Bonchev–Trinajstić information content (AvgIpc) is 2.72. The van der Waals surface area contributed by atoms with Gasteiger partial charge in [0.15, 0.2) is 0 Å². The fourth-order valence-corrected chi connectivity index (χ4v) is 3.51. The quantitative estimate of drug-likeness (QED) is 0.884. The lowest BCUT2D eigenvalue weighted by molar-refractivity contribution is 0.0410. The Morgan fingerprint density at radius 1 is 1.47 bits per heavy atom. The average molecular weight is 260 g/mol. The molecule has 3 heteroatoms. The summed E-state index contributed by atoms with van der Waals surface area (Å²) in [4.78, 5) is 2.38. The number of likely N-dealkylation sites (N-methyl/N-ethyl adjacent to an activating group) is 1. The Morgan fingerprint density at radius 3 is 3.00 bits per heavy atom. The van der Waals surface area contributed by atoms with Crippen LogP contribution >= 0.6 is 0 Å². The van der Waals surface area contributed by atoms with E-state index in [1.54, 1.807) is 0 Å². The molecule has 0 amide bonds. The summed E-state index contributed by atoms with van der Waals surface area (Å²) in [7, 11) is 2.19. The summed E-state index contributed by atoms with van der Waals surface area (Å²) in [6.45, 7) is 7.52. The highest BCUT2D eigenvalue weighted by Gasteiger charge is 2.44. The number of likely N-dealkylation sites (tertiary alicyclic amines) is 1. The summed E-state index contributed by atoms with van der Waals surface area (Å²) in [6, 6.07) is 7.00. The summed E-state index contributed by atoms with van der Waals surface area (Å²) < 4.78 is 6.40. The third-order valence-corrected chi connectivity index (χ3v) is 4.40. The topological polar surface area (TPSA) is 24.5 Å². The highest BCUT2D eigenvalue weighted by atomic mass is 16.5. The van der Waals surface area contributed by atoms with Crippen LogP contribution in [0.15, 0.2) is 18.2 Å². The molecule has 1 saturated heterocycles. The third-order valence-electron chi connectivity index (χ3n) is 4.40. The Hall–Kier alpha value is -1.06. The smallest absolute Gasteiger partial charge is 0.125 e. The van der Waals surface area contributed by atoms with Crippen molar-refractivity contribution in [1.82, 2.24) is 10.2 Å². The number of nitrogens with zero attached hydrogens (tertiary/aromatic N) is 1. The summed E-state index contributed by atoms with van der Waals surface area (Å²) in [5, 5.41) is 3.64. The first-order chi connectivity index (χ1) is 9.12. The van der Waals surface area contributed by atoms with E-state index in [0.29, 0.717) is 6.04 Å². The number of ether oxygens (including phenoxy) is 1. The van der Waals surface area contributed by atoms with Gasteiger partial charge in [0.05, 0.1) is 0 Å². The lowest BCUT2D eigenvalue weighted by atomic mass is 9.86. The zero-order chi connectivity index (χ0) is 13.5. The van der Waals surface area contributed by atoms with Crippen LogP contribution in [-0.4, -0.2) is 37.2 Å². The maximum absolute atomic E-state index is 6.40. The number of aryl methyl sites for hydroxylation is 1. The van der Waals surface area contributed by atoms with Crippen molar-refractivity contribution in [2.75, 3.05) is 26.7 Å². The highest BCUT2D eigenvalue weighted by Crippen LogP contribution is 2.43. The molecule has 0 aromatic heterocycles. The number of fused-ring (bicyclic) bond motifs is 1. The molecule has 2 atom stereocenters. The number of nitrogens with one attached hydrogen (secondary N) is 1. The van der Waals surface area contributed by atoms with Crippen molar-refractivity contribution < 1.29 is 4.74 Å². The predicted octanol–water partition coefficient (Wildman–Crippen LogP) is 2.50. The molecule has 2 aliphatic heterocycles. The van der Waals surface area contributed by atoms with E-state index >= 15 is 0 Å². The van der Waals surface area contributed by atoms with Crippen molar-refractivity contribution in [3.8, 4) is 5.75 Å². The molecule has 0 saturated carbocycles. The van der Waals surface area contributed by atoms with Gasteiger partial charge in [0.1, 0.15) is 11.4 Å². The normalized spacial score (nSPS) is 30.4. The minimum absolute atomic E-state index is 0.0177. The Morgan fingerprint density at radius 2 is 2.32 bits per heavy atom. The van der Waals surface area contributed by atoms with Crippen LogP contribution in [0.25, 0.3) is 0 Å². The first kappa shape index (κ1) is 12.9. The van der Waals surface area contributed by atoms with Crippen molar-refractivity contribution in [1.29, 1.82) is 0 Å². The van der Waals surface area contributed by atoms with E-state index in [2.05, 4.69) is 49.3 Å². The molecular weight excluding hydrogens is 236 g/mol. The molecule has 2 unspecified atom stereocenters. The lowest BCUT2D eigenvalue weighted by Crippen LogP contribution is -2.45. The first-order valence-corrected chi connectivity index (χ1v) is 7.33. The predicted molar refractivity (Wildman–Crippen MR) is 77.7 cm³/mol. The van der Waals surface area contributed by atoms with Gasteiger partial charge in [0, 0.05) is 37.5 Å². The number of rotatable bonds is 2. The van der Waals surface area contributed by atoms with E-state index in [9.17, 15) is 0 Å². The molecule has 0 aliphatic carbocycles. The number of hydrogen-bond acceptors (Lipinski definition) is 3. The van der Waals surface area contributed by atoms with Crippen molar-refractivity contribution in [2.24, 2.45) is 0 Å². The van der Waals surface area contributed by atoms with Gasteiger partial charge in [-0.05, 0) is 26.6 Å². The van der Waals surface area contributed by atoms with Crippen molar-refractivity contribution in [2.45, 2.75) is 38.3 Å². The van der Waals surface area contributed by atoms with Gasteiger partial charge in [-0.3, -0.25) is 0 Å². The van der Waals surface area contributed by atoms with Gasteiger partial charge >= 0.3 is 0 Å². The second kappa shape index (κ2) is 4.80. The van der Waals surface area contributed by atoms with Crippen LogP contribution in [0.5, 0.6) is 5.75 Å². The maximum atomic E-state index is 6.40. The van der Waals surface area contributed by atoms with Crippen molar-refractivity contribution in [3.63, 3.8) is 0 Å². The minimum Gasteiger partial charge on any atom is -0.485 e. The Labute approximate surface area is 115 Å². The maximum Gasteiger partial charge on any atom is 0.125 e. The Balaban J connectivity index is 1.95. The molecule has 0 radical (unpaired) electrons. The largest absolute Gasteiger partial charge is 0.485 e. The van der Waals surface area contributed by atoms with E-state index in [0.717, 1.165) is 38.2 Å². The summed E-state index contributed by atoms with van der Waals surface area (Å²) in [6.07, 6.45) is 2.22. The van der Waals surface area contributed by atoms with Crippen LogP contribution in [0.2, 0.25) is 0 Å². The second-order valence-corrected chi connectivity index (χ2v) is 6.13. The number of benzene rings is 1. The van der Waals surface area contributed by atoms with Gasteiger partial charge in [0.2, 0.25) is 0 Å². The van der Waals surface area contributed by atoms with E-state index in [4.69, 9.17) is 4.74 Å². The van der Waals surface area contributed by atoms with Crippen LogP contribution in [0.3, 0.4) is 0 Å². The molecule has 1 N–H and O–H groups in total. The minimum atomic E-state index is 0.0177. The van der Waals surface area contributed by atoms with E-state index in [1.165, 1.54) is 11.1 Å². The number of hydrogen-bond donors (Lipinski definition) is 1. The molecule has 19 heavy (non-hydrogen) atoms. The lowest BCUT2D eigenvalue weighted by Gasteiger charge is -2.40. The van der Waals surface area contributed by atoms with E-state index < -0.39 is 0 Å².